The van der Waals surface area contributed by atoms with E-state index in [-0.39, 0.29) is 17.2 Å². The van der Waals surface area contributed by atoms with E-state index in [1.54, 1.807) is 16.7 Å². The van der Waals surface area contributed by atoms with E-state index in [4.69, 9.17) is 0 Å². The number of H-pyrrole nitrogens is 2. The van der Waals surface area contributed by atoms with E-state index in [9.17, 15) is 18.4 Å². The van der Waals surface area contributed by atoms with Crippen molar-refractivity contribution in [2.24, 2.45) is 5.92 Å². The molecule has 2 atom stereocenters. The second kappa shape index (κ2) is 4.83. The number of nitrogens with one attached hydrogen (secondary N) is 2. The summed E-state index contributed by atoms with van der Waals surface area (Å²) in [5.74, 6) is -0.664. The van der Waals surface area contributed by atoms with Gasteiger partial charge < -0.3 is 4.98 Å². The van der Waals surface area contributed by atoms with Crippen LogP contribution in [0.25, 0.3) is 17.0 Å². The first-order chi connectivity index (χ1) is 11.0. The number of aromatic nitrogens is 5. The summed E-state index contributed by atoms with van der Waals surface area (Å²) in [6, 6.07) is 1.60. The van der Waals surface area contributed by atoms with Gasteiger partial charge in [-0.05, 0) is 12.5 Å². The highest BCUT2D eigenvalue weighted by atomic mass is 19.3. The molecule has 0 radical (unpaired) electrons. The maximum atomic E-state index is 12.9. The molecule has 118 valence electrons. The summed E-state index contributed by atoms with van der Waals surface area (Å²) in [5.41, 5.74) is -0.134. The minimum atomic E-state index is -2.38. The van der Waals surface area contributed by atoms with Gasteiger partial charge in [0.15, 0.2) is 0 Å². The van der Waals surface area contributed by atoms with Crippen LogP contribution in [0.3, 0.4) is 0 Å². The van der Waals surface area contributed by atoms with Gasteiger partial charge in [-0.2, -0.15) is 0 Å². The molecule has 1 aliphatic rings. The van der Waals surface area contributed by atoms with Crippen molar-refractivity contribution in [2.75, 3.05) is 0 Å². The molecule has 0 aliphatic heterocycles. The quantitative estimate of drug-likeness (QED) is 0.757. The van der Waals surface area contributed by atoms with Crippen molar-refractivity contribution < 1.29 is 8.78 Å². The standard InChI is InChI=1S/C14H11F2N5O2/c15-11(16)7-3-6(7)10-4-9(19-13-17-1-2-21(10)13)8-5-18-14(23)20-12(8)22/h1-2,4-7,11H,3H2,(H2,18,20,22,23)/t6-,7-/m0/s1. The largest absolute Gasteiger partial charge is 0.325 e. The van der Waals surface area contributed by atoms with Crippen molar-refractivity contribution >= 4 is 5.78 Å². The number of aromatic amines is 2. The Bertz CT molecular complexity index is 1010. The van der Waals surface area contributed by atoms with Gasteiger partial charge in [-0.15, -0.1) is 0 Å². The average Bonchev–Trinajstić information content (AvgIpc) is 3.16. The lowest BCUT2D eigenvalue weighted by Gasteiger charge is -2.08. The molecular formula is C14H11F2N5O2. The van der Waals surface area contributed by atoms with Crippen molar-refractivity contribution in [3.8, 4) is 11.3 Å². The van der Waals surface area contributed by atoms with E-state index in [2.05, 4.69) is 19.9 Å². The number of alkyl halides is 2. The maximum absolute atomic E-state index is 12.9. The third kappa shape index (κ3) is 2.24. The van der Waals surface area contributed by atoms with Crippen LogP contribution in [0.1, 0.15) is 18.0 Å². The molecule has 1 aliphatic carbocycles. The molecule has 4 rings (SSSR count). The molecule has 0 spiro atoms. The first kappa shape index (κ1) is 13.8. The van der Waals surface area contributed by atoms with Gasteiger partial charge in [-0.1, -0.05) is 0 Å². The summed E-state index contributed by atoms with van der Waals surface area (Å²) in [5, 5.41) is 0. The van der Waals surface area contributed by atoms with Crippen LogP contribution >= 0.6 is 0 Å². The molecule has 2 N–H and O–H groups in total. The van der Waals surface area contributed by atoms with Gasteiger partial charge in [-0.3, -0.25) is 14.2 Å². The van der Waals surface area contributed by atoms with Crippen molar-refractivity contribution in [1.82, 2.24) is 24.3 Å². The molecular weight excluding hydrogens is 308 g/mol. The fourth-order valence-electron chi connectivity index (χ4n) is 2.79. The normalized spacial score (nSPS) is 20.3. The van der Waals surface area contributed by atoms with Crippen LogP contribution in [-0.2, 0) is 0 Å². The Morgan fingerprint density at radius 3 is 2.87 bits per heavy atom. The van der Waals surface area contributed by atoms with E-state index in [1.165, 1.54) is 12.4 Å². The Labute approximate surface area is 127 Å². The molecule has 0 aromatic carbocycles. The van der Waals surface area contributed by atoms with E-state index >= 15 is 0 Å². The molecule has 3 aromatic rings. The first-order valence-corrected chi connectivity index (χ1v) is 6.99. The average molecular weight is 319 g/mol. The van der Waals surface area contributed by atoms with Crippen molar-refractivity contribution in [1.29, 1.82) is 0 Å². The summed E-state index contributed by atoms with van der Waals surface area (Å²) in [7, 11) is 0. The van der Waals surface area contributed by atoms with Crippen LogP contribution in [0.2, 0.25) is 0 Å². The van der Waals surface area contributed by atoms with E-state index < -0.39 is 23.6 Å². The second-order valence-corrected chi connectivity index (χ2v) is 5.49. The SMILES string of the molecule is O=c1[nH]cc(-c2cc([C@H]3C[C@@H]3C(F)F)n3ccnc3n2)c(=O)[nH]1. The Hall–Kier alpha value is -2.84. The first-order valence-electron chi connectivity index (χ1n) is 6.99. The van der Waals surface area contributed by atoms with Crippen LogP contribution in [0.4, 0.5) is 8.78 Å². The molecule has 1 fully saturated rings. The summed E-state index contributed by atoms with van der Waals surface area (Å²) in [6.45, 7) is 0. The van der Waals surface area contributed by atoms with Crippen molar-refractivity contribution in [3.63, 3.8) is 0 Å². The summed E-state index contributed by atoms with van der Waals surface area (Å²) < 4.78 is 27.4. The zero-order valence-electron chi connectivity index (χ0n) is 11.7. The molecule has 0 unspecified atom stereocenters. The predicted octanol–water partition coefficient (Wildman–Crippen LogP) is 1.14. The maximum Gasteiger partial charge on any atom is 0.325 e. The lowest BCUT2D eigenvalue weighted by atomic mass is 10.1. The van der Waals surface area contributed by atoms with Gasteiger partial charge in [0.1, 0.15) is 0 Å². The number of hydrogen-bond donors (Lipinski definition) is 2. The zero-order chi connectivity index (χ0) is 16.1. The van der Waals surface area contributed by atoms with Crippen LogP contribution in [0.15, 0.2) is 34.2 Å². The Morgan fingerprint density at radius 1 is 1.35 bits per heavy atom. The fraction of sp³-hybridized carbons (Fsp3) is 0.286. The molecule has 9 heteroatoms. The van der Waals surface area contributed by atoms with Gasteiger partial charge in [0.25, 0.3) is 5.56 Å². The lowest BCUT2D eigenvalue weighted by molar-refractivity contribution is 0.120. The Kier molecular flexibility index (Phi) is 2.90. The number of nitrogens with zero attached hydrogens (tertiary/aromatic N) is 3. The van der Waals surface area contributed by atoms with Gasteiger partial charge in [-0.25, -0.2) is 23.5 Å². The fourth-order valence-corrected chi connectivity index (χ4v) is 2.79. The molecule has 1 saturated carbocycles. The highest BCUT2D eigenvalue weighted by Crippen LogP contribution is 2.51. The highest BCUT2D eigenvalue weighted by molar-refractivity contribution is 5.60. The van der Waals surface area contributed by atoms with Gasteiger partial charge >= 0.3 is 5.69 Å². The van der Waals surface area contributed by atoms with Gasteiger partial charge in [0, 0.05) is 36.1 Å². The van der Waals surface area contributed by atoms with Gasteiger partial charge in [0.05, 0.1) is 11.3 Å². The topological polar surface area (TPSA) is 95.9 Å². The van der Waals surface area contributed by atoms with Crippen molar-refractivity contribution in [3.05, 3.63) is 51.2 Å². The number of imidazole rings is 1. The monoisotopic (exact) mass is 319 g/mol. The molecule has 23 heavy (non-hydrogen) atoms. The zero-order valence-corrected chi connectivity index (χ0v) is 11.7. The second-order valence-electron chi connectivity index (χ2n) is 5.49. The van der Waals surface area contributed by atoms with Crippen LogP contribution in [0.5, 0.6) is 0 Å². The number of halogens is 2. The van der Waals surface area contributed by atoms with Crippen LogP contribution in [0, 0.1) is 5.92 Å². The molecule has 3 aromatic heterocycles. The summed E-state index contributed by atoms with van der Waals surface area (Å²) in [6.07, 6.45) is 2.43. The molecule has 0 saturated heterocycles. The highest BCUT2D eigenvalue weighted by Gasteiger charge is 2.46. The number of hydrogen-bond acceptors (Lipinski definition) is 4. The van der Waals surface area contributed by atoms with E-state index in [0.29, 0.717) is 17.9 Å². The van der Waals surface area contributed by atoms with Gasteiger partial charge in [0.2, 0.25) is 12.2 Å². The lowest BCUT2D eigenvalue weighted by Crippen LogP contribution is -2.23. The van der Waals surface area contributed by atoms with Crippen molar-refractivity contribution in [2.45, 2.75) is 18.8 Å². The number of rotatable bonds is 3. The van der Waals surface area contributed by atoms with Crippen LogP contribution < -0.4 is 11.2 Å². The minimum absolute atomic E-state index is 0.158. The van der Waals surface area contributed by atoms with Crippen LogP contribution in [-0.4, -0.2) is 30.8 Å². The summed E-state index contributed by atoms with van der Waals surface area (Å²) in [4.78, 5) is 35.9. The summed E-state index contributed by atoms with van der Waals surface area (Å²) >= 11 is 0. The molecule has 0 amide bonds. The molecule has 7 nitrogen and oxygen atoms in total. The third-order valence-electron chi connectivity index (χ3n) is 4.04. The number of fused-ring (bicyclic) bond motifs is 1. The molecule has 3 heterocycles. The minimum Gasteiger partial charge on any atom is -0.313 e. The van der Waals surface area contributed by atoms with E-state index in [1.807, 2.05) is 0 Å². The van der Waals surface area contributed by atoms with E-state index in [0.717, 1.165) is 0 Å². The third-order valence-corrected chi connectivity index (χ3v) is 4.04. The Balaban J connectivity index is 1.89. The Morgan fingerprint density at radius 2 is 2.17 bits per heavy atom. The predicted molar refractivity (Wildman–Crippen MR) is 76.5 cm³/mol. The smallest absolute Gasteiger partial charge is 0.313 e. The molecule has 0 bridgehead atoms.